The van der Waals surface area contributed by atoms with Gasteiger partial charge in [0.05, 0.1) is 21.8 Å². The van der Waals surface area contributed by atoms with Crippen LogP contribution in [0.15, 0.2) is 23.1 Å². The van der Waals surface area contributed by atoms with E-state index in [1.54, 1.807) is 17.2 Å². The molecule has 4 heterocycles. The van der Waals surface area contributed by atoms with E-state index < -0.39 is 11.3 Å². The Labute approximate surface area is 225 Å². The quantitative estimate of drug-likeness (QED) is 0.422. The van der Waals surface area contributed by atoms with Crippen molar-refractivity contribution < 1.29 is 9.53 Å². The van der Waals surface area contributed by atoms with Gasteiger partial charge in [-0.1, -0.05) is 23.2 Å². The van der Waals surface area contributed by atoms with Crippen LogP contribution < -0.4 is 10.6 Å². The number of amides is 1. The Balaban J connectivity index is 1.61. The number of aromatic nitrogens is 4. The maximum absolute atomic E-state index is 13.7. The first-order chi connectivity index (χ1) is 17.4. The Bertz CT molecular complexity index is 1450. The maximum atomic E-state index is 13.7. The van der Waals surface area contributed by atoms with Gasteiger partial charge in [0, 0.05) is 37.8 Å². The van der Waals surface area contributed by atoms with Gasteiger partial charge in [0.15, 0.2) is 5.65 Å². The number of ether oxygens (including phenoxy) is 1. The fourth-order valence-corrected chi connectivity index (χ4v) is 5.07. The predicted octanol–water partition coefficient (Wildman–Crippen LogP) is 5.11. The standard InChI is InChI=1S/C26H30Cl2N6O3/c1-14-8-9-29-19(16-6-7-16)20(14)34-23-17(12-18(27)21(28)30-23)22(31-24(34)35)33-11-10-32(13-15(33)2)25(36)37-26(3,4)5/h8-9,12,15-16H,6-7,10-11,13H2,1-5H3. The van der Waals surface area contributed by atoms with Crippen LogP contribution in [0.1, 0.15) is 57.7 Å². The third-order valence-corrected chi connectivity index (χ3v) is 7.32. The lowest BCUT2D eigenvalue weighted by Gasteiger charge is -2.41. The molecule has 0 spiro atoms. The summed E-state index contributed by atoms with van der Waals surface area (Å²) in [6, 6.07) is 3.45. The van der Waals surface area contributed by atoms with Gasteiger partial charge in [-0.3, -0.25) is 4.98 Å². The summed E-state index contributed by atoms with van der Waals surface area (Å²) in [7, 11) is 0. The lowest BCUT2D eigenvalue weighted by molar-refractivity contribution is 0.0218. The highest BCUT2D eigenvalue weighted by molar-refractivity contribution is 6.41. The lowest BCUT2D eigenvalue weighted by Crippen LogP contribution is -2.55. The third-order valence-electron chi connectivity index (χ3n) is 6.65. The fraction of sp³-hybridized carbons (Fsp3) is 0.500. The van der Waals surface area contributed by atoms with Crippen molar-refractivity contribution in [1.82, 2.24) is 24.4 Å². The molecule has 1 amide bonds. The molecule has 1 aliphatic heterocycles. The fourth-order valence-electron chi connectivity index (χ4n) is 4.79. The molecule has 3 aromatic heterocycles. The number of aryl methyl sites for hydroxylation is 1. The molecule has 5 rings (SSSR count). The van der Waals surface area contributed by atoms with Crippen molar-refractivity contribution in [2.75, 3.05) is 24.5 Å². The van der Waals surface area contributed by atoms with Crippen molar-refractivity contribution in [3.8, 4) is 5.69 Å². The molecule has 0 aromatic carbocycles. The van der Waals surface area contributed by atoms with Gasteiger partial charge in [-0.25, -0.2) is 19.1 Å². The Morgan fingerprint density at radius 3 is 2.54 bits per heavy atom. The summed E-state index contributed by atoms with van der Waals surface area (Å²) in [5.41, 5.74) is 1.81. The van der Waals surface area contributed by atoms with Gasteiger partial charge in [-0.2, -0.15) is 4.98 Å². The second-order valence-electron chi connectivity index (χ2n) is 10.8. The highest BCUT2D eigenvalue weighted by atomic mass is 35.5. The number of pyridine rings is 2. The van der Waals surface area contributed by atoms with E-state index >= 15 is 0 Å². The summed E-state index contributed by atoms with van der Waals surface area (Å²) in [6.45, 7) is 10.8. The highest BCUT2D eigenvalue weighted by Crippen LogP contribution is 2.43. The minimum atomic E-state index is -0.578. The highest BCUT2D eigenvalue weighted by Gasteiger charge is 2.34. The molecule has 1 saturated carbocycles. The number of hydrogen-bond donors (Lipinski definition) is 0. The van der Waals surface area contributed by atoms with Crippen LogP contribution in [0.3, 0.4) is 0 Å². The van der Waals surface area contributed by atoms with Crippen LogP contribution in [-0.2, 0) is 4.74 Å². The molecule has 2 aliphatic rings. The summed E-state index contributed by atoms with van der Waals surface area (Å²) in [6.07, 6.45) is 3.47. The molecule has 0 radical (unpaired) electrons. The van der Waals surface area contributed by atoms with Crippen LogP contribution in [0.4, 0.5) is 10.6 Å². The van der Waals surface area contributed by atoms with Crippen molar-refractivity contribution in [3.63, 3.8) is 0 Å². The molecule has 37 heavy (non-hydrogen) atoms. The molecule has 0 N–H and O–H groups in total. The van der Waals surface area contributed by atoms with Crippen molar-refractivity contribution in [2.45, 2.75) is 65.0 Å². The maximum Gasteiger partial charge on any atom is 0.410 e. The van der Waals surface area contributed by atoms with Crippen molar-refractivity contribution in [2.24, 2.45) is 0 Å². The number of carbonyl (C=O) groups excluding carboxylic acids is 1. The molecule has 1 saturated heterocycles. The molecule has 1 unspecified atom stereocenters. The first-order valence-electron chi connectivity index (χ1n) is 12.4. The molecule has 3 aromatic rings. The number of nitrogens with zero attached hydrogens (tertiary/aromatic N) is 6. The average Bonchev–Trinajstić information content (AvgIpc) is 3.65. The normalized spacial score (nSPS) is 18.4. The van der Waals surface area contributed by atoms with Gasteiger partial charge in [-0.05, 0) is 65.2 Å². The van der Waals surface area contributed by atoms with E-state index in [1.165, 1.54) is 4.57 Å². The van der Waals surface area contributed by atoms with Gasteiger partial charge < -0.3 is 14.5 Å². The summed E-state index contributed by atoms with van der Waals surface area (Å²) in [5, 5.41) is 0.987. The topological polar surface area (TPSA) is 93.5 Å². The van der Waals surface area contributed by atoms with E-state index in [4.69, 9.17) is 27.9 Å². The zero-order valence-corrected chi connectivity index (χ0v) is 23.1. The molecule has 1 atom stereocenters. The average molecular weight is 545 g/mol. The molecular formula is C26H30Cl2N6O3. The molecular weight excluding hydrogens is 515 g/mol. The van der Waals surface area contributed by atoms with E-state index in [9.17, 15) is 9.59 Å². The molecule has 11 heteroatoms. The first kappa shape index (κ1) is 25.7. The lowest BCUT2D eigenvalue weighted by atomic mass is 10.1. The smallest absolute Gasteiger partial charge is 0.410 e. The zero-order valence-electron chi connectivity index (χ0n) is 21.6. The number of carbonyl (C=O) groups is 1. The minimum absolute atomic E-state index is 0.108. The van der Waals surface area contributed by atoms with Crippen LogP contribution in [0.2, 0.25) is 10.2 Å². The van der Waals surface area contributed by atoms with Gasteiger partial charge in [-0.15, -0.1) is 0 Å². The molecule has 196 valence electrons. The van der Waals surface area contributed by atoms with Crippen LogP contribution >= 0.6 is 23.2 Å². The number of fused-ring (bicyclic) bond motifs is 1. The van der Waals surface area contributed by atoms with Crippen LogP contribution in [0.25, 0.3) is 16.7 Å². The summed E-state index contributed by atoms with van der Waals surface area (Å²) in [5.74, 6) is 0.772. The van der Waals surface area contributed by atoms with Crippen molar-refractivity contribution in [1.29, 1.82) is 0 Å². The van der Waals surface area contributed by atoms with Crippen molar-refractivity contribution >= 4 is 46.1 Å². The Morgan fingerprint density at radius 2 is 1.89 bits per heavy atom. The Kier molecular flexibility index (Phi) is 6.56. The van der Waals surface area contributed by atoms with E-state index in [0.29, 0.717) is 48.1 Å². The Morgan fingerprint density at radius 1 is 1.16 bits per heavy atom. The summed E-state index contributed by atoms with van der Waals surface area (Å²) < 4.78 is 7.06. The van der Waals surface area contributed by atoms with Crippen molar-refractivity contribution in [3.05, 3.63) is 50.2 Å². The van der Waals surface area contributed by atoms with Crippen LogP contribution in [0, 0.1) is 6.92 Å². The number of piperazine rings is 1. The zero-order chi connectivity index (χ0) is 26.6. The minimum Gasteiger partial charge on any atom is -0.444 e. The van der Waals surface area contributed by atoms with E-state index in [1.807, 2.05) is 45.6 Å². The molecule has 0 bridgehead atoms. The number of anilines is 1. The monoisotopic (exact) mass is 544 g/mol. The number of rotatable bonds is 3. The van der Waals surface area contributed by atoms with Gasteiger partial charge >= 0.3 is 11.8 Å². The first-order valence-corrected chi connectivity index (χ1v) is 13.2. The van der Waals surface area contributed by atoms with Crippen LogP contribution in [0.5, 0.6) is 0 Å². The second-order valence-corrected chi connectivity index (χ2v) is 11.6. The number of hydrogen-bond acceptors (Lipinski definition) is 7. The van der Waals surface area contributed by atoms with E-state index in [-0.39, 0.29) is 22.3 Å². The Hall–Kier alpha value is -2.91. The summed E-state index contributed by atoms with van der Waals surface area (Å²) >= 11 is 12.8. The largest absolute Gasteiger partial charge is 0.444 e. The van der Waals surface area contributed by atoms with Gasteiger partial charge in [0.2, 0.25) is 0 Å². The molecule has 2 fully saturated rings. The third kappa shape index (κ3) is 4.99. The summed E-state index contributed by atoms with van der Waals surface area (Å²) in [4.78, 5) is 43.7. The van der Waals surface area contributed by atoms with Gasteiger partial charge in [0.25, 0.3) is 0 Å². The van der Waals surface area contributed by atoms with Gasteiger partial charge in [0.1, 0.15) is 16.6 Å². The second kappa shape index (κ2) is 9.44. The van der Waals surface area contributed by atoms with E-state index in [2.05, 4.69) is 15.0 Å². The van der Waals surface area contributed by atoms with E-state index in [0.717, 1.165) is 24.1 Å². The molecule has 1 aliphatic carbocycles. The SMILES string of the molecule is Cc1ccnc(C2CC2)c1-n1c(=O)nc(N2CCN(C(=O)OC(C)(C)C)CC2C)c2cc(Cl)c(Cl)nc21. The molecule has 9 nitrogen and oxygen atoms in total. The van der Waals surface area contributed by atoms with Crippen LogP contribution in [-0.4, -0.2) is 61.8 Å². The predicted molar refractivity (Wildman–Crippen MR) is 144 cm³/mol. The number of halogens is 2.